The maximum absolute atomic E-state index is 10.8. The molecule has 0 aromatic heterocycles. The van der Waals surface area contributed by atoms with Gasteiger partial charge in [-0.15, -0.1) is 0 Å². The first-order valence-electron chi connectivity index (χ1n) is 4.47. The van der Waals surface area contributed by atoms with E-state index in [-0.39, 0.29) is 5.69 Å². The molecule has 0 saturated heterocycles. The fraction of sp³-hybridized carbons (Fsp3) is 0.200. The molecule has 0 atom stereocenters. The van der Waals surface area contributed by atoms with Gasteiger partial charge < -0.3 is 5.32 Å². The van der Waals surface area contributed by atoms with Crippen molar-refractivity contribution in [2.75, 3.05) is 6.54 Å². The largest absolute Gasteiger partial charge is 0.307 e. The van der Waals surface area contributed by atoms with Crippen molar-refractivity contribution >= 4 is 33.2 Å². The molecule has 0 bridgehead atoms. The predicted octanol–water partition coefficient (Wildman–Crippen LogP) is 3.20. The molecule has 0 amide bonds. The van der Waals surface area contributed by atoms with Crippen LogP contribution < -0.4 is 5.32 Å². The third-order valence-electron chi connectivity index (χ3n) is 1.88. The van der Waals surface area contributed by atoms with Gasteiger partial charge in [0.1, 0.15) is 0 Å². The maximum Gasteiger partial charge on any atom is 0.275 e. The molecule has 0 fully saturated rings. The average Bonchev–Trinajstić information content (AvgIpc) is 2.19. The molecule has 1 N–H and O–H groups in total. The van der Waals surface area contributed by atoms with E-state index in [1.54, 1.807) is 12.1 Å². The van der Waals surface area contributed by atoms with Gasteiger partial charge in [-0.1, -0.05) is 34.1 Å². The summed E-state index contributed by atoms with van der Waals surface area (Å²) in [6.45, 7) is 4.33. The lowest BCUT2D eigenvalue weighted by Gasteiger charge is -2.05. The number of rotatable bonds is 5. The first-order valence-corrected chi connectivity index (χ1v) is 5.64. The van der Waals surface area contributed by atoms with Gasteiger partial charge in [-0.2, -0.15) is 0 Å². The summed E-state index contributed by atoms with van der Waals surface area (Å²) in [5, 5.41) is 14.2. The summed E-state index contributed by atoms with van der Waals surface area (Å²) >= 11 is 8.77. The first kappa shape index (κ1) is 13.2. The van der Waals surface area contributed by atoms with Gasteiger partial charge >= 0.3 is 0 Å². The molecule has 0 unspecified atom stereocenters. The van der Waals surface area contributed by atoms with Gasteiger partial charge in [-0.05, 0) is 12.1 Å². The highest BCUT2D eigenvalue weighted by Gasteiger charge is 2.13. The quantitative estimate of drug-likeness (QED) is 0.671. The third-order valence-corrected chi connectivity index (χ3v) is 2.50. The van der Waals surface area contributed by atoms with Gasteiger partial charge in [-0.3, -0.25) is 10.1 Å². The maximum atomic E-state index is 10.8. The van der Waals surface area contributed by atoms with E-state index in [1.165, 1.54) is 6.07 Å². The van der Waals surface area contributed by atoms with Crippen molar-refractivity contribution in [1.29, 1.82) is 0 Å². The lowest BCUT2D eigenvalue weighted by Crippen LogP contribution is -2.15. The van der Waals surface area contributed by atoms with E-state index in [2.05, 4.69) is 27.8 Å². The number of hydrogen-bond acceptors (Lipinski definition) is 3. The standard InChI is InChI=1S/C10H10BrClN2O2/c1-7(12)5-13-6-8-2-3-9(11)4-10(8)14(15)16/h2-4,13H,1,5-6H2. The summed E-state index contributed by atoms with van der Waals surface area (Å²) in [5.41, 5.74) is 0.702. The van der Waals surface area contributed by atoms with Gasteiger partial charge in [0, 0.05) is 34.2 Å². The van der Waals surface area contributed by atoms with Crippen molar-refractivity contribution in [3.05, 3.63) is 50.0 Å². The van der Waals surface area contributed by atoms with Crippen molar-refractivity contribution in [2.24, 2.45) is 0 Å². The van der Waals surface area contributed by atoms with Gasteiger partial charge in [-0.25, -0.2) is 0 Å². The second-order valence-corrected chi connectivity index (χ2v) is 4.60. The molecule has 1 aromatic carbocycles. The summed E-state index contributed by atoms with van der Waals surface area (Å²) in [4.78, 5) is 10.4. The van der Waals surface area contributed by atoms with Crippen molar-refractivity contribution in [1.82, 2.24) is 5.32 Å². The Bertz CT molecular complexity index is 423. The van der Waals surface area contributed by atoms with Crippen LogP contribution in [0.5, 0.6) is 0 Å². The van der Waals surface area contributed by atoms with Crippen molar-refractivity contribution < 1.29 is 4.92 Å². The molecule has 0 saturated carbocycles. The van der Waals surface area contributed by atoms with Crippen LogP contribution in [0, 0.1) is 10.1 Å². The van der Waals surface area contributed by atoms with E-state index in [4.69, 9.17) is 11.6 Å². The summed E-state index contributed by atoms with van der Waals surface area (Å²) in [6.07, 6.45) is 0. The van der Waals surface area contributed by atoms with Crippen molar-refractivity contribution in [2.45, 2.75) is 6.54 Å². The number of nitro benzene ring substituents is 1. The zero-order valence-corrected chi connectivity index (χ0v) is 10.7. The number of nitrogens with one attached hydrogen (secondary N) is 1. The molecule has 86 valence electrons. The smallest absolute Gasteiger partial charge is 0.275 e. The summed E-state index contributed by atoms with van der Waals surface area (Å²) in [5.74, 6) is 0. The Hall–Kier alpha value is -0.910. The predicted molar refractivity (Wildman–Crippen MR) is 67.5 cm³/mol. The lowest BCUT2D eigenvalue weighted by atomic mass is 10.2. The fourth-order valence-electron chi connectivity index (χ4n) is 1.19. The van der Waals surface area contributed by atoms with Crippen molar-refractivity contribution in [3.63, 3.8) is 0 Å². The molecule has 4 nitrogen and oxygen atoms in total. The molecule has 0 radical (unpaired) electrons. The minimum Gasteiger partial charge on any atom is -0.307 e. The molecule has 0 aliphatic carbocycles. The van der Waals surface area contributed by atoms with Crippen LogP contribution in [0.15, 0.2) is 34.3 Å². The van der Waals surface area contributed by atoms with Gasteiger partial charge in [0.25, 0.3) is 5.69 Å². The molecule has 0 aliphatic rings. The van der Waals surface area contributed by atoms with E-state index in [0.717, 1.165) is 0 Å². The molecule has 6 heteroatoms. The van der Waals surface area contributed by atoms with Crippen LogP contribution in [0.3, 0.4) is 0 Å². The molecule has 1 rings (SSSR count). The highest BCUT2D eigenvalue weighted by molar-refractivity contribution is 9.10. The highest BCUT2D eigenvalue weighted by atomic mass is 79.9. The van der Waals surface area contributed by atoms with E-state index in [1.807, 2.05) is 0 Å². The second kappa shape index (κ2) is 5.98. The lowest BCUT2D eigenvalue weighted by molar-refractivity contribution is -0.385. The van der Waals surface area contributed by atoms with Crippen LogP contribution in [0.4, 0.5) is 5.69 Å². The first-order chi connectivity index (χ1) is 7.50. The van der Waals surface area contributed by atoms with Crippen LogP contribution in [-0.2, 0) is 6.54 Å². The van der Waals surface area contributed by atoms with Gasteiger partial charge in [0.05, 0.1) is 4.92 Å². The minimum atomic E-state index is -0.405. The van der Waals surface area contributed by atoms with Gasteiger partial charge in [0.2, 0.25) is 0 Å². The van der Waals surface area contributed by atoms with Gasteiger partial charge in [0.15, 0.2) is 0 Å². The molecular weight excluding hydrogens is 295 g/mol. The van der Waals surface area contributed by atoms with Crippen LogP contribution in [0.25, 0.3) is 0 Å². The fourth-order valence-corrected chi connectivity index (χ4v) is 1.63. The number of hydrogen-bond donors (Lipinski definition) is 1. The average molecular weight is 306 g/mol. The Morgan fingerprint density at radius 2 is 2.31 bits per heavy atom. The third kappa shape index (κ3) is 3.92. The Morgan fingerprint density at radius 1 is 1.62 bits per heavy atom. The van der Waals surface area contributed by atoms with Crippen molar-refractivity contribution in [3.8, 4) is 0 Å². The number of halogens is 2. The Balaban J connectivity index is 2.78. The normalized spacial score (nSPS) is 10.1. The number of benzene rings is 1. The molecule has 0 aliphatic heterocycles. The zero-order valence-electron chi connectivity index (χ0n) is 8.37. The SMILES string of the molecule is C=C(Cl)CNCc1ccc(Br)cc1[N+](=O)[O-]. The van der Waals surface area contributed by atoms with Crippen LogP contribution in [-0.4, -0.2) is 11.5 Å². The Morgan fingerprint density at radius 3 is 2.88 bits per heavy atom. The van der Waals surface area contributed by atoms with E-state index in [0.29, 0.717) is 28.2 Å². The van der Waals surface area contributed by atoms with E-state index in [9.17, 15) is 10.1 Å². The second-order valence-electron chi connectivity index (χ2n) is 3.15. The molecular formula is C10H10BrClN2O2. The van der Waals surface area contributed by atoms with Crippen LogP contribution in [0.2, 0.25) is 0 Å². The minimum absolute atomic E-state index is 0.0852. The summed E-state index contributed by atoms with van der Waals surface area (Å²) in [7, 11) is 0. The molecule has 1 aromatic rings. The zero-order chi connectivity index (χ0) is 12.1. The summed E-state index contributed by atoms with van der Waals surface area (Å²) < 4.78 is 0.685. The molecule has 16 heavy (non-hydrogen) atoms. The van der Waals surface area contributed by atoms with E-state index >= 15 is 0 Å². The highest BCUT2D eigenvalue weighted by Crippen LogP contribution is 2.23. The van der Waals surface area contributed by atoms with Crippen LogP contribution in [0.1, 0.15) is 5.56 Å². The van der Waals surface area contributed by atoms with E-state index < -0.39 is 4.92 Å². The monoisotopic (exact) mass is 304 g/mol. The summed E-state index contributed by atoms with van der Waals surface area (Å²) in [6, 6.07) is 4.94. The topological polar surface area (TPSA) is 55.2 Å². The molecule has 0 spiro atoms. The Kier molecular flexibility index (Phi) is 4.92. The molecule has 0 heterocycles. The number of nitrogens with zero attached hydrogens (tertiary/aromatic N) is 1. The Labute approximate surface area is 107 Å². The number of nitro groups is 1. The van der Waals surface area contributed by atoms with Crippen LogP contribution >= 0.6 is 27.5 Å².